The van der Waals surface area contributed by atoms with Crippen molar-refractivity contribution in [3.8, 4) is 5.75 Å². The van der Waals surface area contributed by atoms with Gasteiger partial charge in [-0.1, -0.05) is 54.6 Å². The fourth-order valence-corrected chi connectivity index (χ4v) is 3.67. The van der Waals surface area contributed by atoms with Gasteiger partial charge in [-0.3, -0.25) is 4.79 Å². The van der Waals surface area contributed by atoms with E-state index in [0.717, 1.165) is 29.8 Å². The summed E-state index contributed by atoms with van der Waals surface area (Å²) in [6.45, 7) is 1.35. The second-order valence-electron chi connectivity index (χ2n) is 7.11. The number of fused-ring (bicyclic) bond motifs is 1. The first-order valence-electron chi connectivity index (χ1n) is 10.2. The third-order valence-electron chi connectivity index (χ3n) is 5.19. The summed E-state index contributed by atoms with van der Waals surface area (Å²) in [7, 11) is 1.57. The maximum Gasteiger partial charge on any atom is 0.255 e. The highest BCUT2D eigenvalue weighted by atomic mass is 16.5. The van der Waals surface area contributed by atoms with E-state index in [-0.39, 0.29) is 5.91 Å². The molecule has 4 aromatic rings. The molecule has 0 spiro atoms. The van der Waals surface area contributed by atoms with Crippen molar-refractivity contribution >= 4 is 16.9 Å². The molecule has 1 amide bonds. The highest BCUT2D eigenvalue weighted by Gasteiger charge is 2.13. The molecular weight excluding hydrogens is 374 g/mol. The minimum absolute atomic E-state index is 0.139. The minimum atomic E-state index is -0.139. The van der Waals surface area contributed by atoms with E-state index in [1.807, 2.05) is 36.4 Å². The van der Waals surface area contributed by atoms with Crippen LogP contribution >= 0.6 is 0 Å². The van der Waals surface area contributed by atoms with Gasteiger partial charge in [0.1, 0.15) is 11.6 Å². The van der Waals surface area contributed by atoms with Crippen LogP contribution in [0.4, 0.5) is 0 Å². The SMILES string of the molecule is COc1ccccc1C(=O)NCCc1nc2ccccc2n1CCc1ccccc1. The van der Waals surface area contributed by atoms with E-state index in [9.17, 15) is 4.79 Å². The lowest BCUT2D eigenvalue weighted by Gasteiger charge is -2.11. The van der Waals surface area contributed by atoms with Crippen LogP contribution in [-0.2, 0) is 19.4 Å². The van der Waals surface area contributed by atoms with Crippen molar-refractivity contribution in [1.29, 1.82) is 0 Å². The van der Waals surface area contributed by atoms with E-state index in [1.165, 1.54) is 5.56 Å². The normalized spacial score (nSPS) is 10.8. The molecule has 1 heterocycles. The average molecular weight is 399 g/mol. The lowest BCUT2D eigenvalue weighted by atomic mass is 10.1. The second-order valence-corrected chi connectivity index (χ2v) is 7.11. The van der Waals surface area contributed by atoms with Crippen LogP contribution in [0, 0.1) is 0 Å². The Morgan fingerprint density at radius 2 is 1.67 bits per heavy atom. The molecule has 5 nitrogen and oxygen atoms in total. The number of imidazole rings is 1. The van der Waals surface area contributed by atoms with Crippen LogP contribution in [-0.4, -0.2) is 29.1 Å². The zero-order valence-electron chi connectivity index (χ0n) is 17.0. The number of nitrogens with one attached hydrogen (secondary N) is 1. The van der Waals surface area contributed by atoms with E-state index in [2.05, 4.69) is 40.2 Å². The van der Waals surface area contributed by atoms with Crippen LogP contribution in [0.3, 0.4) is 0 Å². The third-order valence-corrected chi connectivity index (χ3v) is 5.19. The van der Waals surface area contributed by atoms with E-state index < -0.39 is 0 Å². The molecule has 0 radical (unpaired) electrons. The summed E-state index contributed by atoms with van der Waals surface area (Å²) in [6, 6.07) is 25.9. The van der Waals surface area contributed by atoms with Crippen LogP contribution in [0.1, 0.15) is 21.7 Å². The van der Waals surface area contributed by atoms with E-state index in [0.29, 0.717) is 24.3 Å². The molecule has 0 aliphatic heterocycles. The Morgan fingerprint density at radius 3 is 2.50 bits per heavy atom. The monoisotopic (exact) mass is 399 g/mol. The third kappa shape index (κ3) is 4.35. The van der Waals surface area contributed by atoms with Crippen LogP contribution in [0.2, 0.25) is 0 Å². The zero-order valence-corrected chi connectivity index (χ0v) is 17.0. The number of nitrogens with zero attached hydrogens (tertiary/aromatic N) is 2. The van der Waals surface area contributed by atoms with Crippen LogP contribution in [0.5, 0.6) is 5.75 Å². The van der Waals surface area contributed by atoms with E-state index in [4.69, 9.17) is 9.72 Å². The number of para-hydroxylation sites is 3. The Balaban J connectivity index is 1.47. The number of benzene rings is 3. The number of carbonyl (C=O) groups is 1. The number of hydrogen-bond donors (Lipinski definition) is 1. The van der Waals surface area contributed by atoms with Crippen molar-refractivity contribution in [3.63, 3.8) is 0 Å². The highest BCUT2D eigenvalue weighted by molar-refractivity contribution is 5.96. The lowest BCUT2D eigenvalue weighted by molar-refractivity contribution is 0.0951. The second kappa shape index (κ2) is 9.27. The molecule has 0 aliphatic rings. The molecule has 4 rings (SSSR count). The van der Waals surface area contributed by atoms with Gasteiger partial charge < -0.3 is 14.6 Å². The fraction of sp³-hybridized carbons (Fsp3) is 0.200. The molecule has 30 heavy (non-hydrogen) atoms. The van der Waals surface area contributed by atoms with Gasteiger partial charge in [0.2, 0.25) is 0 Å². The largest absolute Gasteiger partial charge is 0.496 e. The molecule has 0 saturated carbocycles. The highest BCUT2D eigenvalue weighted by Crippen LogP contribution is 2.19. The standard InChI is InChI=1S/C25H25N3O2/c1-30-23-14-8-5-11-20(23)25(29)26-17-15-24-27-21-12-6-7-13-22(21)28(24)18-16-19-9-3-2-4-10-19/h2-14H,15-18H2,1H3,(H,26,29). The molecule has 1 N–H and O–H groups in total. The number of hydrogen-bond acceptors (Lipinski definition) is 3. The van der Waals surface area contributed by atoms with E-state index in [1.54, 1.807) is 19.2 Å². The Kier molecular flexibility index (Phi) is 6.09. The predicted octanol–water partition coefficient (Wildman–Crippen LogP) is 4.26. The maximum absolute atomic E-state index is 12.6. The molecule has 1 aromatic heterocycles. The fourth-order valence-electron chi connectivity index (χ4n) is 3.67. The Hall–Kier alpha value is -3.60. The molecule has 0 fully saturated rings. The molecule has 3 aromatic carbocycles. The summed E-state index contributed by atoms with van der Waals surface area (Å²) in [5.74, 6) is 1.41. The Morgan fingerprint density at radius 1 is 0.933 bits per heavy atom. The topological polar surface area (TPSA) is 56.1 Å². The van der Waals surface area contributed by atoms with Gasteiger partial charge in [-0.15, -0.1) is 0 Å². The van der Waals surface area contributed by atoms with Crippen molar-refractivity contribution in [2.24, 2.45) is 0 Å². The molecule has 0 saturated heterocycles. The first-order valence-corrected chi connectivity index (χ1v) is 10.2. The van der Waals surface area contributed by atoms with Gasteiger partial charge in [0, 0.05) is 19.5 Å². The summed E-state index contributed by atoms with van der Waals surface area (Å²) in [6.07, 6.45) is 1.59. The van der Waals surface area contributed by atoms with E-state index >= 15 is 0 Å². The predicted molar refractivity (Wildman–Crippen MR) is 119 cm³/mol. The van der Waals surface area contributed by atoms with Gasteiger partial charge in [-0.25, -0.2) is 4.98 Å². The van der Waals surface area contributed by atoms with Crippen molar-refractivity contribution in [2.75, 3.05) is 13.7 Å². The number of aromatic nitrogens is 2. The van der Waals surface area contributed by atoms with Crippen molar-refractivity contribution in [2.45, 2.75) is 19.4 Å². The summed E-state index contributed by atoms with van der Waals surface area (Å²) in [5.41, 5.74) is 3.94. The quantitative estimate of drug-likeness (QED) is 0.482. The molecule has 0 atom stereocenters. The molecule has 0 unspecified atom stereocenters. The number of ether oxygens (including phenoxy) is 1. The molecule has 5 heteroatoms. The summed E-state index contributed by atoms with van der Waals surface area (Å²) in [4.78, 5) is 17.4. The van der Waals surface area contributed by atoms with Gasteiger partial charge in [0.05, 0.1) is 23.7 Å². The number of aryl methyl sites for hydroxylation is 2. The van der Waals surface area contributed by atoms with Gasteiger partial charge >= 0.3 is 0 Å². The first kappa shape index (κ1) is 19.7. The Labute approximate surface area is 176 Å². The zero-order chi connectivity index (χ0) is 20.8. The first-order chi connectivity index (χ1) is 14.8. The minimum Gasteiger partial charge on any atom is -0.496 e. The van der Waals surface area contributed by atoms with Gasteiger partial charge in [0.25, 0.3) is 5.91 Å². The van der Waals surface area contributed by atoms with Gasteiger partial charge in [0.15, 0.2) is 0 Å². The van der Waals surface area contributed by atoms with Crippen molar-refractivity contribution < 1.29 is 9.53 Å². The number of carbonyl (C=O) groups excluding carboxylic acids is 1. The van der Waals surface area contributed by atoms with Crippen molar-refractivity contribution in [1.82, 2.24) is 14.9 Å². The summed E-state index contributed by atoms with van der Waals surface area (Å²) >= 11 is 0. The molecular formula is C25H25N3O2. The Bertz CT molecular complexity index is 1140. The van der Waals surface area contributed by atoms with Crippen LogP contribution in [0.25, 0.3) is 11.0 Å². The van der Waals surface area contributed by atoms with Gasteiger partial charge in [-0.05, 0) is 36.2 Å². The number of rotatable bonds is 8. The average Bonchev–Trinajstić information content (AvgIpc) is 3.15. The lowest BCUT2D eigenvalue weighted by Crippen LogP contribution is -2.27. The van der Waals surface area contributed by atoms with Crippen LogP contribution in [0.15, 0.2) is 78.9 Å². The summed E-state index contributed by atoms with van der Waals surface area (Å²) in [5, 5.41) is 3.00. The molecule has 0 aliphatic carbocycles. The number of methoxy groups -OCH3 is 1. The van der Waals surface area contributed by atoms with Crippen molar-refractivity contribution in [3.05, 3.63) is 95.8 Å². The molecule has 0 bridgehead atoms. The van der Waals surface area contributed by atoms with Gasteiger partial charge in [-0.2, -0.15) is 0 Å². The number of amides is 1. The smallest absolute Gasteiger partial charge is 0.255 e. The van der Waals surface area contributed by atoms with Crippen LogP contribution < -0.4 is 10.1 Å². The summed E-state index contributed by atoms with van der Waals surface area (Å²) < 4.78 is 7.55. The maximum atomic E-state index is 12.6. The molecule has 152 valence electrons.